The van der Waals surface area contributed by atoms with Gasteiger partial charge in [0.2, 0.25) is 0 Å². The Morgan fingerprint density at radius 1 is 1.30 bits per heavy atom. The predicted octanol–water partition coefficient (Wildman–Crippen LogP) is 2.45. The molecule has 8 heteroatoms. The number of nitrogens with zero attached hydrogens (tertiary/aromatic N) is 2. The van der Waals surface area contributed by atoms with Gasteiger partial charge < -0.3 is 9.73 Å². The highest BCUT2D eigenvalue weighted by Crippen LogP contribution is 2.23. The van der Waals surface area contributed by atoms with Crippen LogP contribution in [0, 0.1) is 10.1 Å². The molecule has 7 nitrogen and oxygen atoms in total. The SMILES string of the molecule is O=C1/C(=C/c2ccccc2[N+](=O)[O-])NC(=S)N1Cc1ccco1. The number of nitrogens with one attached hydrogen (secondary N) is 1. The van der Waals surface area contributed by atoms with E-state index in [2.05, 4.69) is 5.32 Å². The Balaban J connectivity index is 1.89. The standard InChI is InChI=1S/C15H11N3O4S/c19-14-12(8-10-4-1-2-6-13(10)18(20)21)16-15(23)17(14)9-11-5-3-7-22-11/h1-8H,9H2,(H,16,23)/b12-8-. The number of carbonyl (C=O) groups excluding carboxylic acids is 1. The number of hydrogen-bond acceptors (Lipinski definition) is 5. The minimum Gasteiger partial charge on any atom is -0.467 e. The number of para-hydroxylation sites is 1. The summed E-state index contributed by atoms with van der Waals surface area (Å²) in [6.07, 6.45) is 2.94. The highest BCUT2D eigenvalue weighted by Gasteiger charge is 2.31. The number of rotatable bonds is 4. The molecule has 0 aliphatic carbocycles. The van der Waals surface area contributed by atoms with Gasteiger partial charge in [0, 0.05) is 6.07 Å². The molecule has 116 valence electrons. The molecule has 1 aromatic carbocycles. The lowest BCUT2D eigenvalue weighted by molar-refractivity contribution is -0.385. The number of thiocarbonyl (C=S) groups is 1. The second kappa shape index (κ2) is 6.01. The van der Waals surface area contributed by atoms with Gasteiger partial charge in [0.05, 0.1) is 23.3 Å². The predicted molar refractivity (Wildman–Crippen MR) is 86.1 cm³/mol. The van der Waals surface area contributed by atoms with Crippen LogP contribution in [0.2, 0.25) is 0 Å². The van der Waals surface area contributed by atoms with Gasteiger partial charge in [-0.05, 0) is 36.5 Å². The van der Waals surface area contributed by atoms with Crippen molar-refractivity contribution in [3.8, 4) is 0 Å². The van der Waals surface area contributed by atoms with Crippen LogP contribution in [0.1, 0.15) is 11.3 Å². The first-order chi connectivity index (χ1) is 11.1. The van der Waals surface area contributed by atoms with Crippen LogP contribution >= 0.6 is 12.2 Å². The van der Waals surface area contributed by atoms with Gasteiger partial charge in [0.25, 0.3) is 11.6 Å². The lowest BCUT2D eigenvalue weighted by Gasteiger charge is -2.11. The number of carbonyl (C=O) groups is 1. The van der Waals surface area contributed by atoms with E-state index in [4.69, 9.17) is 16.6 Å². The molecule has 0 spiro atoms. The maximum atomic E-state index is 12.4. The summed E-state index contributed by atoms with van der Waals surface area (Å²) in [5.74, 6) is 0.235. The molecule has 1 aromatic heterocycles. The molecule has 0 atom stereocenters. The highest BCUT2D eigenvalue weighted by atomic mass is 32.1. The Hall–Kier alpha value is -3.00. The molecule has 1 N–H and O–H groups in total. The van der Waals surface area contributed by atoms with Crippen molar-refractivity contribution >= 4 is 35.0 Å². The smallest absolute Gasteiger partial charge is 0.276 e. The third kappa shape index (κ3) is 2.97. The molecular formula is C15H11N3O4S. The van der Waals surface area contributed by atoms with Crippen molar-refractivity contribution < 1.29 is 14.1 Å². The van der Waals surface area contributed by atoms with E-state index in [1.165, 1.54) is 23.3 Å². The van der Waals surface area contributed by atoms with Gasteiger partial charge >= 0.3 is 0 Å². The first-order valence-electron chi connectivity index (χ1n) is 6.66. The largest absolute Gasteiger partial charge is 0.467 e. The molecule has 1 aliphatic rings. The third-order valence-electron chi connectivity index (χ3n) is 3.29. The summed E-state index contributed by atoms with van der Waals surface area (Å²) < 4.78 is 5.21. The van der Waals surface area contributed by atoms with E-state index in [0.29, 0.717) is 11.3 Å². The summed E-state index contributed by atoms with van der Waals surface area (Å²) in [7, 11) is 0. The summed E-state index contributed by atoms with van der Waals surface area (Å²) in [6.45, 7) is 0.200. The third-order valence-corrected chi connectivity index (χ3v) is 3.61. The fourth-order valence-electron chi connectivity index (χ4n) is 2.20. The normalized spacial score (nSPS) is 16.0. The zero-order valence-corrected chi connectivity index (χ0v) is 12.6. The van der Waals surface area contributed by atoms with E-state index in [-0.39, 0.29) is 28.9 Å². The van der Waals surface area contributed by atoms with Crippen molar-refractivity contribution in [3.63, 3.8) is 0 Å². The number of amides is 1. The van der Waals surface area contributed by atoms with Crippen LogP contribution in [-0.2, 0) is 11.3 Å². The number of furan rings is 1. The van der Waals surface area contributed by atoms with E-state index in [1.807, 2.05) is 0 Å². The molecule has 1 saturated heterocycles. The molecule has 1 aliphatic heterocycles. The van der Waals surface area contributed by atoms with Crippen LogP contribution in [0.25, 0.3) is 6.08 Å². The van der Waals surface area contributed by atoms with Crippen LogP contribution in [0.4, 0.5) is 5.69 Å². The molecule has 1 amide bonds. The van der Waals surface area contributed by atoms with E-state index in [9.17, 15) is 14.9 Å². The molecular weight excluding hydrogens is 318 g/mol. The van der Waals surface area contributed by atoms with Gasteiger partial charge in [0.15, 0.2) is 5.11 Å². The minimum atomic E-state index is -0.495. The van der Waals surface area contributed by atoms with Crippen LogP contribution in [0.15, 0.2) is 52.8 Å². The van der Waals surface area contributed by atoms with Gasteiger partial charge in [0.1, 0.15) is 11.5 Å². The molecule has 0 saturated carbocycles. The first kappa shape index (κ1) is 14.9. The van der Waals surface area contributed by atoms with Crippen LogP contribution < -0.4 is 5.32 Å². The first-order valence-corrected chi connectivity index (χ1v) is 7.07. The van der Waals surface area contributed by atoms with Crippen LogP contribution in [-0.4, -0.2) is 20.8 Å². The van der Waals surface area contributed by atoms with Crippen molar-refractivity contribution in [1.82, 2.24) is 10.2 Å². The average molecular weight is 329 g/mol. The minimum absolute atomic E-state index is 0.0787. The highest BCUT2D eigenvalue weighted by molar-refractivity contribution is 7.80. The number of benzene rings is 1. The molecule has 23 heavy (non-hydrogen) atoms. The zero-order chi connectivity index (χ0) is 16.4. The van der Waals surface area contributed by atoms with Gasteiger partial charge in [-0.3, -0.25) is 19.8 Å². The monoisotopic (exact) mass is 329 g/mol. The fourth-order valence-corrected chi connectivity index (χ4v) is 2.46. The second-order valence-corrected chi connectivity index (χ2v) is 5.16. The number of nitro groups is 1. The molecule has 1 fully saturated rings. The summed E-state index contributed by atoms with van der Waals surface area (Å²) in [6, 6.07) is 9.63. The van der Waals surface area contributed by atoms with Gasteiger partial charge in [-0.15, -0.1) is 0 Å². The fraction of sp³-hybridized carbons (Fsp3) is 0.0667. The van der Waals surface area contributed by atoms with Crippen molar-refractivity contribution in [3.05, 3.63) is 69.8 Å². The number of nitro benzene ring substituents is 1. The molecule has 2 heterocycles. The van der Waals surface area contributed by atoms with E-state index in [1.54, 1.807) is 30.3 Å². The maximum Gasteiger partial charge on any atom is 0.276 e. The van der Waals surface area contributed by atoms with Crippen LogP contribution in [0.5, 0.6) is 0 Å². The lowest BCUT2D eigenvalue weighted by atomic mass is 10.1. The molecule has 3 rings (SSSR count). The zero-order valence-electron chi connectivity index (χ0n) is 11.8. The summed E-state index contributed by atoms with van der Waals surface area (Å²) in [4.78, 5) is 24.3. The Morgan fingerprint density at radius 3 is 2.78 bits per heavy atom. The van der Waals surface area contributed by atoms with Crippen molar-refractivity contribution in [2.24, 2.45) is 0 Å². The van der Waals surface area contributed by atoms with E-state index < -0.39 is 4.92 Å². The summed E-state index contributed by atoms with van der Waals surface area (Å²) in [5, 5.41) is 14.1. The Kier molecular flexibility index (Phi) is 3.90. The number of hydrogen-bond donors (Lipinski definition) is 1. The summed E-state index contributed by atoms with van der Waals surface area (Å²) in [5.41, 5.74) is 0.442. The molecule has 0 radical (unpaired) electrons. The van der Waals surface area contributed by atoms with E-state index in [0.717, 1.165) is 0 Å². The van der Waals surface area contributed by atoms with Gasteiger partial charge in [-0.2, -0.15) is 0 Å². The quantitative estimate of drug-likeness (QED) is 0.401. The molecule has 0 bridgehead atoms. The maximum absolute atomic E-state index is 12.4. The van der Waals surface area contributed by atoms with Crippen molar-refractivity contribution in [2.75, 3.05) is 0 Å². The topological polar surface area (TPSA) is 88.6 Å². The Morgan fingerprint density at radius 2 is 2.09 bits per heavy atom. The van der Waals surface area contributed by atoms with Gasteiger partial charge in [-0.1, -0.05) is 12.1 Å². The average Bonchev–Trinajstić information content (AvgIpc) is 3.12. The van der Waals surface area contributed by atoms with Crippen LogP contribution in [0.3, 0.4) is 0 Å². The van der Waals surface area contributed by atoms with Crippen molar-refractivity contribution in [1.29, 1.82) is 0 Å². The van der Waals surface area contributed by atoms with Gasteiger partial charge in [-0.25, -0.2) is 0 Å². The Bertz CT molecular complexity index is 814. The molecule has 2 aromatic rings. The lowest BCUT2D eigenvalue weighted by Crippen LogP contribution is -2.29. The second-order valence-electron chi connectivity index (χ2n) is 4.77. The van der Waals surface area contributed by atoms with Crippen molar-refractivity contribution in [2.45, 2.75) is 6.54 Å². The Labute approximate surface area is 136 Å². The molecule has 0 unspecified atom stereocenters. The summed E-state index contributed by atoms with van der Waals surface area (Å²) >= 11 is 5.15. The van der Waals surface area contributed by atoms with E-state index >= 15 is 0 Å².